The number of rotatable bonds is 10. The Labute approximate surface area is 252 Å². The molecule has 1 amide bonds. The van der Waals surface area contributed by atoms with Crippen LogP contribution in [0.1, 0.15) is 97.5 Å². The minimum absolute atomic E-state index is 0.0421. The van der Waals surface area contributed by atoms with E-state index in [0.717, 1.165) is 37.2 Å². The number of amides is 1. The predicted octanol–water partition coefficient (Wildman–Crippen LogP) is 5.21. The number of aromatic nitrogens is 1. The highest BCUT2D eigenvalue weighted by Crippen LogP contribution is 2.40. The summed E-state index contributed by atoms with van der Waals surface area (Å²) in [4.78, 5) is 33.7. The molecular formula is C33H46F2N4O4. The molecule has 2 aliphatic carbocycles. The van der Waals surface area contributed by atoms with Gasteiger partial charge in [-0.1, -0.05) is 6.42 Å². The SMILES string of the molecule is CCN(c1cc(O[C@H]2C[C@H](N3CCCCC3)C2)cc(C(=O)NCc2c(CO)cc(C)[nH]c2=O)c1C)C1CCC(F)(F)CC1. The zero-order valence-electron chi connectivity index (χ0n) is 25.7. The Morgan fingerprint density at radius 2 is 1.84 bits per heavy atom. The van der Waals surface area contributed by atoms with Gasteiger partial charge in [-0.2, -0.15) is 0 Å². The number of H-pyrrole nitrogens is 1. The van der Waals surface area contributed by atoms with Crippen LogP contribution in [0.2, 0.25) is 0 Å². The van der Waals surface area contributed by atoms with Crippen LogP contribution in [0.15, 0.2) is 23.0 Å². The molecule has 1 aromatic carbocycles. The molecule has 236 valence electrons. The Bertz CT molecular complexity index is 1340. The Hall–Kier alpha value is -2.98. The van der Waals surface area contributed by atoms with Crippen molar-refractivity contribution in [3.8, 4) is 5.75 Å². The van der Waals surface area contributed by atoms with Crippen LogP contribution in [0, 0.1) is 13.8 Å². The number of carbonyl (C=O) groups is 1. The summed E-state index contributed by atoms with van der Waals surface area (Å²) in [5.41, 5.74) is 3.04. The molecule has 8 nitrogen and oxygen atoms in total. The lowest BCUT2D eigenvalue weighted by Crippen LogP contribution is -2.50. The lowest BCUT2D eigenvalue weighted by atomic mass is 9.86. The summed E-state index contributed by atoms with van der Waals surface area (Å²) in [6, 6.07) is 5.90. The quantitative estimate of drug-likeness (QED) is 0.346. The summed E-state index contributed by atoms with van der Waals surface area (Å²) in [5, 5.41) is 12.7. The molecule has 3 fully saturated rings. The van der Waals surface area contributed by atoms with Crippen molar-refractivity contribution in [1.29, 1.82) is 0 Å². The van der Waals surface area contributed by atoms with E-state index in [-0.39, 0.29) is 49.6 Å². The van der Waals surface area contributed by atoms with Gasteiger partial charge < -0.3 is 29.9 Å². The molecule has 1 saturated heterocycles. The normalized spacial score (nSPS) is 22.6. The second-order valence-electron chi connectivity index (χ2n) is 12.6. The van der Waals surface area contributed by atoms with Gasteiger partial charge >= 0.3 is 0 Å². The number of aliphatic hydroxyl groups excluding tert-OH is 1. The number of aliphatic hydroxyl groups is 1. The fourth-order valence-electron chi connectivity index (χ4n) is 7.03. The average molecular weight is 601 g/mol. The van der Waals surface area contributed by atoms with Crippen molar-refractivity contribution >= 4 is 11.6 Å². The molecule has 3 N–H and O–H groups in total. The van der Waals surface area contributed by atoms with Crippen LogP contribution in [0.5, 0.6) is 5.75 Å². The van der Waals surface area contributed by atoms with E-state index in [1.165, 1.54) is 19.3 Å². The molecule has 5 rings (SSSR count). The van der Waals surface area contributed by atoms with Crippen molar-refractivity contribution in [2.24, 2.45) is 0 Å². The molecule has 1 aliphatic heterocycles. The number of nitrogens with zero attached hydrogens (tertiary/aromatic N) is 2. The third-order valence-electron chi connectivity index (χ3n) is 9.61. The van der Waals surface area contributed by atoms with Gasteiger partial charge in [0.15, 0.2) is 0 Å². The number of hydrogen-bond donors (Lipinski definition) is 3. The Morgan fingerprint density at radius 3 is 2.49 bits per heavy atom. The van der Waals surface area contributed by atoms with Crippen LogP contribution in [0.4, 0.5) is 14.5 Å². The maximum absolute atomic E-state index is 14.0. The maximum atomic E-state index is 14.0. The molecule has 3 aliphatic rings. The zero-order chi connectivity index (χ0) is 30.7. The van der Waals surface area contributed by atoms with Crippen LogP contribution >= 0.6 is 0 Å². The Balaban J connectivity index is 1.39. The standard InChI is InChI=1S/C33H46F2N4O4/c1-4-39(24-8-10-33(34,35)11-9-24)30-18-27(43-26-15-25(16-26)38-12-6-5-7-13-38)17-28(22(30)3)31(41)36-19-29-23(20-40)14-21(2)37-32(29)42/h14,17-18,24-26,40H,4-13,15-16,19-20H2,1-3H3,(H,36,41)(H,37,42)/t25-,26-. The molecule has 0 bridgehead atoms. The highest BCUT2D eigenvalue weighted by molar-refractivity contribution is 5.97. The van der Waals surface area contributed by atoms with E-state index < -0.39 is 5.92 Å². The Kier molecular flexibility index (Phi) is 9.76. The highest BCUT2D eigenvalue weighted by Gasteiger charge is 2.38. The van der Waals surface area contributed by atoms with Gasteiger partial charge in [0.2, 0.25) is 5.92 Å². The van der Waals surface area contributed by atoms with Gasteiger partial charge in [-0.05, 0) is 82.8 Å². The van der Waals surface area contributed by atoms with Crippen molar-refractivity contribution in [2.75, 3.05) is 24.5 Å². The number of piperidine rings is 1. The summed E-state index contributed by atoms with van der Waals surface area (Å²) in [6.45, 7) is 8.17. The van der Waals surface area contributed by atoms with Crippen LogP contribution in [0.25, 0.3) is 0 Å². The monoisotopic (exact) mass is 600 g/mol. The lowest BCUT2D eigenvalue weighted by molar-refractivity contribution is -0.0380. The fourth-order valence-corrected chi connectivity index (χ4v) is 7.03. The number of halogens is 2. The zero-order valence-corrected chi connectivity index (χ0v) is 25.7. The summed E-state index contributed by atoms with van der Waals surface area (Å²) < 4.78 is 34.5. The van der Waals surface area contributed by atoms with Crippen molar-refractivity contribution < 1.29 is 23.4 Å². The second-order valence-corrected chi connectivity index (χ2v) is 12.6. The van der Waals surface area contributed by atoms with Crippen LogP contribution in [-0.4, -0.2) is 64.6 Å². The van der Waals surface area contributed by atoms with E-state index in [4.69, 9.17) is 4.74 Å². The molecule has 2 heterocycles. The number of nitrogens with one attached hydrogen (secondary N) is 2. The number of benzene rings is 1. The van der Waals surface area contributed by atoms with Crippen molar-refractivity contribution in [3.63, 3.8) is 0 Å². The number of carbonyl (C=O) groups excluding carboxylic acids is 1. The first-order valence-electron chi connectivity index (χ1n) is 15.9. The summed E-state index contributed by atoms with van der Waals surface area (Å²) in [5.74, 6) is -2.40. The topological polar surface area (TPSA) is 97.9 Å². The number of alkyl halides is 2. The van der Waals surface area contributed by atoms with E-state index >= 15 is 0 Å². The number of likely N-dealkylation sites (tertiary alicyclic amines) is 1. The number of hydrogen-bond acceptors (Lipinski definition) is 6. The van der Waals surface area contributed by atoms with Crippen LogP contribution in [0.3, 0.4) is 0 Å². The number of anilines is 1. The van der Waals surface area contributed by atoms with Gasteiger partial charge in [0.05, 0.1) is 6.61 Å². The van der Waals surface area contributed by atoms with Gasteiger partial charge in [0, 0.05) is 79.4 Å². The highest BCUT2D eigenvalue weighted by atomic mass is 19.3. The number of ether oxygens (including phenoxy) is 1. The second kappa shape index (κ2) is 13.3. The van der Waals surface area contributed by atoms with Gasteiger partial charge in [-0.25, -0.2) is 8.78 Å². The average Bonchev–Trinajstić information content (AvgIpc) is 2.96. The van der Waals surface area contributed by atoms with E-state index in [1.807, 2.05) is 19.9 Å². The number of aryl methyl sites for hydroxylation is 1. The molecular weight excluding hydrogens is 554 g/mol. The van der Waals surface area contributed by atoms with E-state index in [9.17, 15) is 23.5 Å². The molecule has 0 unspecified atom stereocenters. The molecule has 2 saturated carbocycles. The molecule has 1 aromatic heterocycles. The van der Waals surface area contributed by atoms with E-state index in [0.29, 0.717) is 53.6 Å². The summed E-state index contributed by atoms with van der Waals surface area (Å²) >= 11 is 0. The van der Waals surface area contributed by atoms with Gasteiger partial charge in [0.25, 0.3) is 11.5 Å². The molecule has 0 atom stereocenters. The maximum Gasteiger partial charge on any atom is 0.253 e. The van der Waals surface area contributed by atoms with Crippen molar-refractivity contribution in [2.45, 2.75) is 116 Å². The van der Waals surface area contributed by atoms with Gasteiger partial charge in [0.1, 0.15) is 11.9 Å². The molecule has 0 radical (unpaired) electrons. The third kappa shape index (κ3) is 7.23. The lowest BCUT2D eigenvalue weighted by Gasteiger charge is -2.44. The van der Waals surface area contributed by atoms with Crippen LogP contribution < -0.4 is 20.5 Å². The number of aromatic amines is 1. The van der Waals surface area contributed by atoms with Crippen LogP contribution in [-0.2, 0) is 13.2 Å². The predicted molar refractivity (Wildman–Crippen MR) is 163 cm³/mol. The van der Waals surface area contributed by atoms with E-state index in [2.05, 4.69) is 20.1 Å². The third-order valence-corrected chi connectivity index (χ3v) is 9.61. The van der Waals surface area contributed by atoms with Gasteiger partial charge in [-0.3, -0.25) is 9.59 Å². The van der Waals surface area contributed by atoms with Crippen molar-refractivity contribution in [3.05, 3.63) is 56.5 Å². The van der Waals surface area contributed by atoms with E-state index in [1.54, 1.807) is 19.1 Å². The first-order chi connectivity index (χ1) is 20.6. The first-order valence-corrected chi connectivity index (χ1v) is 15.9. The largest absolute Gasteiger partial charge is 0.490 e. The van der Waals surface area contributed by atoms with Gasteiger partial charge in [-0.15, -0.1) is 0 Å². The van der Waals surface area contributed by atoms with Crippen molar-refractivity contribution in [1.82, 2.24) is 15.2 Å². The minimum Gasteiger partial charge on any atom is -0.490 e. The molecule has 2 aromatic rings. The molecule has 43 heavy (non-hydrogen) atoms. The molecule has 10 heteroatoms. The summed E-state index contributed by atoms with van der Waals surface area (Å²) in [6.07, 6.45) is 6.21. The first kappa shape index (κ1) is 31.4. The summed E-state index contributed by atoms with van der Waals surface area (Å²) in [7, 11) is 0. The fraction of sp³-hybridized carbons (Fsp3) is 0.636. The number of pyridine rings is 1. The molecule has 0 spiro atoms. The Morgan fingerprint density at radius 1 is 1.14 bits per heavy atom. The minimum atomic E-state index is -2.63. The smallest absolute Gasteiger partial charge is 0.253 e.